The lowest BCUT2D eigenvalue weighted by Crippen LogP contribution is -2.64. The highest BCUT2D eigenvalue weighted by atomic mass is 31.2. The van der Waals surface area contributed by atoms with E-state index >= 15 is 0 Å². The number of hydrogen-bond acceptors (Lipinski definition) is 15. The third-order valence-corrected chi connectivity index (χ3v) is 10.7. The molecule has 1 aliphatic rings. The first-order chi connectivity index (χ1) is 30.6. The molecule has 17 heteroatoms. The first-order valence-corrected chi connectivity index (χ1v) is 23.9. The van der Waals surface area contributed by atoms with E-state index < -0.39 is 94.0 Å². The Morgan fingerprint density at radius 3 is 1.78 bits per heavy atom. The number of unbranched alkanes of at least 4 members (excludes halogenated alkanes) is 5. The second-order valence-electron chi connectivity index (χ2n) is 15.4. The highest BCUT2D eigenvalue weighted by Crippen LogP contribution is 2.47. The molecule has 0 saturated heterocycles. The van der Waals surface area contributed by atoms with E-state index in [0.29, 0.717) is 19.3 Å². The molecule has 0 aromatic rings. The highest BCUT2D eigenvalue weighted by Gasteiger charge is 2.51. The van der Waals surface area contributed by atoms with Crippen molar-refractivity contribution in [3.05, 3.63) is 97.2 Å². The van der Waals surface area contributed by atoms with E-state index in [0.717, 1.165) is 32.1 Å². The van der Waals surface area contributed by atoms with Crippen LogP contribution in [0.25, 0.3) is 0 Å². The van der Waals surface area contributed by atoms with Crippen molar-refractivity contribution in [3.63, 3.8) is 0 Å². The van der Waals surface area contributed by atoms with Gasteiger partial charge in [-0.05, 0) is 70.6 Å². The molecule has 3 unspecified atom stereocenters. The third-order valence-electron chi connectivity index (χ3n) is 9.75. The van der Waals surface area contributed by atoms with Gasteiger partial charge in [0.15, 0.2) is 6.10 Å². The Balaban J connectivity index is 2.68. The number of rotatable bonds is 34. The quantitative estimate of drug-likeness (QED) is 0.0132. The predicted molar refractivity (Wildman–Crippen MR) is 243 cm³/mol. The zero-order valence-corrected chi connectivity index (χ0v) is 38.3. The fourth-order valence-corrected chi connectivity index (χ4v) is 6.96. The summed E-state index contributed by atoms with van der Waals surface area (Å²) in [6.45, 7) is 2.73. The summed E-state index contributed by atoms with van der Waals surface area (Å²) in [6, 6.07) is 0. The zero-order valence-electron chi connectivity index (χ0n) is 37.4. The minimum absolute atomic E-state index is 0.0121. The van der Waals surface area contributed by atoms with E-state index in [1.165, 1.54) is 31.4 Å². The standard InChI is InChI=1S/C47H75O16P/c1-3-5-7-8-9-10-11-12-13-14-15-16-17-22-26-32-40(51)60-34-37(35-61-64(58,59)63-47-45(56)43(54)42(53)44(55)46(47)57)62-41(52)33-27-31-39(50)38(49)30-25-21-19-18-20-24-29-36(48)28-23-6-4-2/h6,9-10,12-13,15-16,18-21,23-25,29-30,36-39,42-50,53-57H,3-5,7-8,11,14,17,22,26-28,31-35H2,1-2H3,(H,58,59)/b10-9-,13-12-,16-15-,20-18+,21-19-,23-6-,29-24+,30-25-/t36-,37+,38+,39+,42?,43-,44+,45+,46+,47?/m0/s1. The van der Waals surface area contributed by atoms with Crippen molar-refractivity contribution in [1.29, 1.82) is 0 Å². The average molecular weight is 927 g/mol. The minimum atomic E-state index is -5.23. The summed E-state index contributed by atoms with van der Waals surface area (Å²) in [6.07, 6.45) is 22.4. The van der Waals surface area contributed by atoms with Crippen LogP contribution in [0.4, 0.5) is 0 Å². The summed E-state index contributed by atoms with van der Waals surface area (Å²) in [5, 5.41) is 80.7. The average Bonchev–Trinajstić information content (AvgIpc) is 3.26. The Kier molecular flexibility index (Phi) is 32.9. The molecule has 1 aliphatic carbocycles. The van der Waals surface area contributed by atoms with Crippen LogP contribution in [0.2, 0.25) is 0 Å². The number of allylic oxidation sites excluding steroid dienone is 13. The van der Waals surface area contributed by atoms with Gasteiger partial charge in [0.1, 0.15) is 43.2 Å². The van der Waals surface area contributed by atoms with Crippen LogP contribution >= 0.6 is 7.82 Å². The van der Waals surface area contributed by atoms with Crippen LogP contribution in [0.3, 0.4) is 0 Å². The van der Waals surface area contributed by atoms with Gasteiger partial charge in [0, 0.05) is 12.8 Å². The molecule has 0 heterocycles. The van der Waals surface area contributed by atoms with Gasteiger partial charge in [0.25, 0.3) is 0 Å². The monoisotopic (exact) mass is 926 g/mol. The number of aliphatic hydroxyl groups is 8. The Hall–Kier alpha value is -3.35. The number of carbonyl (C=O) groups is 2. The Bertz CT molecular complexity index is 1540. The molecule has 64 heavy (non-hydrogen) atoms. The maximum Gasteiger partial charge on any atom is 0.472 e. The topological polar surface area (TPSA) is 270 Å². The number of esters is 2. The molecule has 0 radical (unpaired) electrons. The van der Waals surface area contributed by atoms with Crippen LogP contribution in [-0.4, -0.2) is 132 Å². The van der Waals surface area contributed by atoms with Crippen LogP contribution < -0.4 is 0 Å². The summed E-state index contributed by atoms with van der Waals surface area (Å²) in [5.41, 5.74) is 0. The van der Waals surface area contributed by atoms with Crippen molar-refractivity contribution in [2.24, 2.45) is 0 Å². The lowest BCUT2D eigenvalue weighted by molar-refractivity contribution is -0.220. The van der Waals surface area contributed by atoms with Crippen molar-refractivity contribution in [2.45, 2.75) is 171 Å². The summed E-state index contributed by atoms with van der Waals surface area (Å²) < 4.78 is 33.2. The van der Waals surface area contributed by atoms with E-state index in [9.17, 15) is 59.9 Å². The van der Waals surface area contributed by atoms with Gasteiger partial charge in [-0.1, -0.05) is 124 Å². The normalized spacial score (nSPS) is 24.0. The van der Waals surface area contributed by atoms with Crippen LogP contribution in [0.15, 0.2) is 97.2 Å². The van der Waals surface area contributed by atoms with Crippen molar-refractivity contribution >= 4 is 19.8 Å². The van der Waals surface area contributed by atoms with E-state index in [2.05, 4.69) is 31.2 Å². The van der Waals surface area contributed by atoms with Crippen LogP contribution in [0.5, 0.6) is 0 Å². The van der Waals surface area contributed by atoms with E-state index in [4.69, 9.17) is 18.5 Å². The van der Waals surface area contributed by atoms with Crippen molar-refractivity contribution in [1.82, 2.24) is 0 Å². The first kappa shape index (κ1) is 58.7. The first-order valence-electron chi connectivity index (χ1n) is 22.4. The Labute approximate surface area is 378 Å². The number of ether oxygens (including phenoxy) is 2. The maximum absolute atomic E-state index is 12.8. The van der Waals surface area contributed by atoms with Gasteiger partial charge in [-0.25, -0.2) is 4.57 Å². The number of carbonyl (C=O) groups excluding carboxylic acids is 2. The van der Waals surface area contributed by atoms with Crippen LogP contribution in [0, 0.1) is 0 Å². The van der Waals surface area contributed by atoms with Crippen LogP contribution in [-0.2, 0) is 32.7 Å². The van der Waals surface area contributed by atoms with Gasteiger partial charge < -0.3 is 55.2 Å². The van der Waals surface area contributed by atoms with Gasteiger partial charge in [-0.3, -0.25) is 18.6 Å². The van der Waals surface area contributed by atoms with Gasteiger partial charge in [0.05, 0.1) is 24.9 Å². The molecule has 364 valence electrons. The molecule has 0 aliphatic heterocycles. The largest absolute Gasteiger partial charge is 0.472 e. The second kappa shape index (κ2) is 35.9. The molecule has 0 aromatic carbocycles. The number of phosphoric acid groups is 1. The molecular weight excluding hydrogens is 851 g/mol. The van der Waals surface area contributed by atoms with Crippen LogP contribution in [0.1, 0.15) is 110 Å². The smallest absolute Gasteiger partial charge is 0.462 e. The predicted octanol–water partition coefficient (Wildman–Crippen LogP) is 5.19. The molecule has 0 spiro atoms. The van der Waals surface area contributed by atoms with Crippen molar-refractivity contribution in [2.75, 3.05) is 13.2 Å². The SMILES string of the molecule is CC/C=C\C[C@H](O)/C=C/C=C/C=C\C=C/[C@@H](O)[C@H](O)CCCC(=O)O[C@H](COC(=O)CCCC/C=C\C/C=C\C/C=C\CCCCC)COP(=O)(O)OC1[C@H](O)[C@H](O)C(O)[C@H](O)[C@H]1O. The Morgan fingerprint density at radius 1 is 0.625 bits per heavy atom. The number of phosphoric ester groups is 1. The van der Waals surface area contributed by atoms with E-state index in [1.807, 2.05) is 31.2 Å². The minimum Gasteiger partial charge on any atom is -0.462 e. The van der Waals surface area contributed by atoms with Gasteiger partial charge in [-0.2, -0.15) is 0 Å². The molecular formula is C47H75O16P. The number of aliphatic hydroxyl groups excluding tert-OH is 8. The van der Waals surface area contributed by atoms with E-state index in [-0.39, 0.29) is 25.7 Å². The molecule has 1 saturated carbocycles. The molecule has 9 N–H and O–H groups in total. The lowest BCUT2D eigenvalue weighted by atomic mass is 9.85. The van der Waals surface area contributed by atoms with Gasteiger partial charge in [-0.15, -0.1) is 0 Å². The Morgan fingerprint density at radius 2 is 1.17 bits per heavy atom. The molecule has 1 rings (SSSR count). The zero-order chi connectivity index (χ0) is 47.6. The molecule has 0 aromatic heterocycles. The molecule has 1 fully saturated rings. The summed E-state index contributed by atoms with van der Waals surface area (Å²) in [7, 11) is -5.23. The van der Waals surface area contributed by atoms with E-state index in [1.54, 1.807) is 36.5 Å². The molecule has 11 atom stereocenters. The third kappa shape index (κ3) is 27.9. The summed E-state index contributed by atoms with van der Waals surface area (Å²) in [4.78, 5) is 35.7. The molecule has 0 amide bonds. The van der Waals surface area contributed by atoms with Gasteiger partial charge in [0.2, 0.25) is 0 Å². The number of hydrogen-bond donors (Lipinski definition) is 9. The van der Waals surface area contributed by atoms with Gasteiger partial charge >= 0.3 is 19.8 Å². The fourth-order valence-electron chi connectivity index (χ4n) is 5.99. The summed E-state index contributed by atoms with van der Waals surface area (Å²) in [5.74, 6) is -1.49. The molecule has 16 nitrogen and oxygen atoms in total. The lowest BCUT2D eigenvalue weighted by Gasteiger charge is -2.41. The summed E-state index contributed by atoms with van der Waals surface area (Å²) >= 11 is 0. The maximum atomic E-state index is 12.8. The second-order valence-corrected chi connectivity index (χ2v) is 16.8. The fraction of sp³-hybridized carbons (Fsp3) is 0.617. The van der Waals surface area contributed by atoms with Crippen molar-refractivity contribution in [3.8, 4) is 0 Å². The highest BCUT2D eigenvalue weighted by molar-refractivity contribution is 7.47. The van der Waals surface area contributed by atoms with Crippen molar-refractivity contribution < 1.29 is 78.4 Å². The molecule has 0 bridgehead atoms.